The zero-order chi connectivity index (χ0) is 18.2. The molecule has 1 amide bonds. The Morgan fingerprint density at radius 1 is 1.20 bits per heavy atom. The molecule has 6 nitrogen and oxygen atoms in total. The minimum atomic E-state index is -3.59. The zero-order valence-electron chi connectivity index (χ0n) is 14.9. The fraction of sp³-hybridized carbons (Fsp3) is 0.556. The molecule has 1 fully saturated rings. The molecule has 0 spiro atoms. The van der Waals surface area contributed by atoms with Crippen LogP contribution in [0.5, 0.6) is 0 Å². The topological polar surface area (TPSA) is 78.8 Å². The summed E-state index contributed by atoms with van der Waals surface area (Å²) in [6, 6.07) is 7.07. The van der Waals surface area contributed by atoms with Gasteiger partial charge in [-0.15, -0.1) is 4.40 Å². The Labute approximate surface area is 149 Å². The summed E-state index contributed by atoms with van der Waals surface area (Å²) in [5, 5.41) is 3.08. The molecule has 25 heavy (non-hydrogen) atoms. The number of carbonyl (C=O) groups excluding carboxylic acids is 1. The van der Waals surface area contributed by atoms with Gasteiger partial charge in [0.25, 0.3) is 10.0 Å². The summed E-state index contributed by atoms with van der Waals surface area (Å²) in [6.07, 6.45) is 1.41. The second kappa shape index (κ2) is 6.78. The van der Waals surface area contributed by atoms with Gasteiger partial charge >= 0.3 is 0 Å². The van der Waals surface area contributed by atoms with Crippen molar-refractivity contribution in [2.45, 2.75) is 44.6 Å². The maximum atomic E-state index is 12.4. The van der Waals surface area contributed by atoms with E-state index in [2.05, 4.69) is 23.6 Å². The van der Waals surface area contributed by atoms with Gasteiger partial charge < -0.3 is 10.2 Å². The monoisotopic (exact) mass is 363 g/mol. The highest BCUT2D eigenvalue weighted by Crippen LogP contribution is 2.29. The highest BCUT2D eigenvalue weighted by Gasteiger charge is 2.34. The van der Waals surface area contributed by atoms with Gasteiger partial charge in [0.15, 0.2) is 5.84 Å². The number of hydrogen-bond acceptors (Lipinski definition) is 4. The fourth-order valence-corrected chi connectivity index (χ4v) is 4.41. The molecule has 0 aromatic heterocycles. The molecule has 2 heterocycles. The highest BCUT2D eigenvalue weighted by molar-refractivity contribution is 7.90. The molecule has 0 bridgehead atoms. The third-order valence-electron chi connectivity index (χ3n) is 5.15. The van der Waals surface area contributed by atoms with Gasteiger partial charge in [0.2, 0.25) is 5.91 Å². The van der Waals surface area contributed by atoms with Crippen molar-refractivity contribution in [1.29, 1.82) is 0 Å². The minimum absolute atomic E-state index is 0.0219. The first-order valence-corrected chi connectivity index (χ1v) is 10.2. The number of amides is 1. The van der Waals surface area contributed by atoms with E-state index in [0.717, 1.165) is 0 Å². The number of sulfonamides is 1. The summed E-state index contributed by atoms with van der Waals surface area (Å²) < 4.78 is 28.3. The van der Waals surface area contributed by atoms with Crippen LogP contribution in [0.25, 0.3) is 0 Å². The van der Waals surface area contributed by atoms with Crippen LogP contribution >= 0.6 is 0 Å². The van der Waals surface area contributed by atoms with Gasteiger partial charge in [0, 0.05) is 30.6 Å². The predicted molar refractivity (Wildman–Crippen MR) is 96.9 cm³/mol. The van der Waals surface area contributed by atoms with Crippen LogP contribution in [0.2, 0.25) is 0 Å². The molecule has 1 aromatic rings. The molecule has 7 heteroatoms. The maximum absolute atomic E-state index is 12.4. The van der Waals surface area contributed by atoms with Gasteiger partial charge in [-0.25, -0.2) is 0 Å². The fourth-order valence-electron chi connectivity index (χ4n) is 3.18. The summed E-state index contributed by atoms with van der Waals surface area (Å²) >= 11 is 0. The van der Waals surface area contributed by atoms with E-state index in [4.69, 9.17) is 0 Å². The van der Waals surface area contributed by atoms with E-state index in [-0.39, 0.29) is 22.8 Å². The first-order valence-electron chi connectivity index (χ1n) is 8.79. The van der Waals surface area contributed by atoms with Gasteiger partial charge in [0.05, 0.1) is 0 Å². The molecular formula is C18H25N3O3S. The summed E-state index contributed by atoms with van der Waals surface area (Å²) in [6.45, 7) is 7.47. The normalized spacial score (nSPS) is 21.0. The third-order valence-corrected chi connectivity index (χ3v) is 6.47. The summed E-state index contributed by atoms with van der Waals surface area (Å²) in [5.74, 6) is 0.997. The lowest BCUT2D eigenvalue weighted by Crippen LogP contribution is -2.45. The van der Waals surface area contributed by atoms with Crippen LogP contribution < -0.4 is 5.32 Å². The average Bonchev–Trinajstić information content (AvgIpc) is 2.87. The molecule has 0 radical (unpaired) electrons. The molecule has 2 aliphatic heterocycles. The number of likely N-dealkylation sites (tertiary alicyclic amines) is 1. The van der Waals surface area contributed by atoms with E-state index in [1.165, 1.54) is 0 Å². The van der Waals surface area contributed by atoms with Crippen LogP contribution in [-0.4, -0.2) is 44.2 Å². The molecule has 1 saturated heterocycles. The Kier molecular flexibility index (Phi) is 4.86. The second-order valence-electron chi connectivity index (χ2n) is 7.19. The largest absolute Gasteiger partial charge is 0.355 e. The van der Waals surface area contributed by atoms with Crippen LogP contribution in [0.1, 0.15) is 39.2 Å². The van der Waals surface area contributed by atoms with Crippen LogP contribution in [0.15, 0.2) is 33.6 Å². The van der Waals surface area contributed by atoms with Crippen molar-refractivity contribution in [3.63, 3.8) is 0 Å². The third kappa shape index (κ3) is 3.56. The quantitative estimate of drug-likeness (QED) is 0.891. The molecule has 1 atom stereocenters. The Hall–Kier alpha value is -1.89. The molecule has 1 aromatic carbocycles. The molecule has 1 unspecified atom stereocenters. The number of benzene rings is 1. The molecular weight excluding hydrogens is 338 g/mol. The van der Waals surface area contributed by atoms with Crippen molar-refractivity contribution in [1.82, 2.24) is 10.2 Å². The average molecular weight is 363 g/mol. The number of amidine groups is 1. The Morgan fingerprint density at radius 2 is 1.84 bits per heavy atom. The van der Waals surface area contributed by atoms with Crippen molar-refractivity contribution in [2.75, 3.05) is 13.1 Å². The number of carbonyl (C=O) groups is 1. The lowest BCUT2D eigenvalue weighted by atomic mass is 9.94. The lowest BCUT2D eigenvalue weighted by Gasteiger charge is -2.33. The van der Waals surface area contributed by atoms with E-state index in [1.807, 2.05) is 17.9 Å². The smallest absolute Gasteiger partial charge is 0.285 e. The first-order chi connectivity index (χ1) is 11.8. The molecule has 2 aliphatic rings. The Balaban J connectivity index is 1.67. The van der Waals surface area contributed by atoms with E-state index in [1.54, 1.807) is 18.2 Å². The van der Waals surface area contributed by atoms with Gasteiger partial charge in [0.1, 0.15) is 4.90 Å². The molecule has 3 rings (SSSR count). The number of hydrogen-bond donors (Lipinski definition) is 1. The van der Waals surface area contributed by atoms with Crippen LogP contribution in [0, 0.1) is 11.8 Å². The van der Waals surface area contributed by atoms with Crippen molar-refractivity contribution in [3.05, 3.63) is 29.8 Å². The Bertz CT molecular complexity index is 794. The predicted octanol–water partition coefficient (Wildman–Crippen LogP) is 2.01. The highest BCUT2D eigenvalue weighted by atomic mass is 32.2. The molecule has 136 valence electrons. The van der Waals surface area contributed by atoms with Gasteiger partial charge in [-0.1, -0.05) is 26.0 Å². The standard InChI is InChI=1S/C18H25N3O3S/c1-12(2)13(3)19-18(22)14-8-10-21(11-9-14)17-15-6-4-5-7-16(15)25(23,24)20-17/h4-7,12-14H,8-11H2,1-3H3,(H,19,22). The molecule has 1 N–H and O–H groups in total. The second-order valence-corrected chi connectivity index (χ2v) is 8.76. The summed E-state index contributed by atoms with van der Waals surface area (Å²) in [5.41, 5.74) is 0.666. The van der Waals surface area contributed by atoms with Gasteiger partial charge in [-0.3, -0.25) is 4.79 Å². The molecule has 0 aliphatic carbocycles. The van der Waals surface area contributed by atoms with Crippen molar-refractivity contribution in [2.24, 2.45) is 16.2 Å². The van der Waals surface area contributed by atoms with E-state index in [9.17, 15) is 13.2 Å². The first kappa shape index (κ1) is 17.9. The number of nitrogens with zero attached hydrogens (tertiary/aromatic N) is 2. The van der Waals surface area contributed by atoms with Crippen LogP contribution in [0.3, 0.4) is 0 Å². The van der Waals surface area contributed by atoms with Gasteiger partial charge in [-0.2, -0.15) is 8.42 Å². The summed E-state index contributed by atoms with van der Waals surface area (Å²) in [7, 11) is -3.59. The number of nitrogens with one attached hydrogen (secondary N) is 1. The number of piperidine rings is 1. The zero-order valence-corrected chi connectivity index (χ0v) is 15.7. The van der Waals surface area contributed by atoms with Crippen molar-refractivity contribution >= 4 is 21.8 Å². The van der Waals surface area contributed by atoms with E-state index in [0.29, 0.717) is 43.2 Å². The Morgan fingerprint density at radius 3 is 2.48 bits per heavy atom. The van der Waals surface area contributed by atoms with Crippen molar-refractivity contribution in [3.8, 4) is 0 Å². The summed E-state index contributed by atoms with van der Waals surface area (Å²) in [4.78, 5) is 14.6. The lowest BCUT2D eigenvalue weighted by molar-refractivity contribution is -0.127. The van der Waals surface area contributed by atoms with E-state index < -0.39 is 10.0 Å². The van der Waals surface area contributed by atoms with Gasteiger partial charge in [-0.05, 0) is 37.8 Å². The number of fused-ring (bicyclic) bond motifs is 1. The van der Waals surface area contributed by atoms with Crippen LogP contribution in [0.4, 0.5) is 0 Å². The van der Waals surface area contributed by atoms with Crippen molar-refractivity contribution < 1.29 is 13.2 Å². The SMILES string of the molecule is CC(C)C(C)NC(=O)C1CCN(C2=NS(=O)(=O)c3ccccc32)CC1. The van der Waals surface area contributed by atoms with Crippen LogP contribution in [-0.2, 0) is 14.8 Å². The number of rotatable bonds is 3. The van der Waals surface area contributed by atoms with E-state index >= 15 is 0 Å². The minimum Gasteiger partial charge on any atom is -0.355 e. The molecule has 0 saturated carbocycles. The maximum Gasteiger partial charge on any atom is 0.285 e.